The largest absolute Gasteiger partial charge is 0.508 e. The molecule has 14 nitrogen and oxygen atoms in total. The Kier molecular flexibility index (Phi) is 7.26. The van der Waals surface area contributed by atoms with Crippen molar-refractivity contribution in [1.82, 2.24) is 43.7 Å². The van der Waals surface area contributed by atoms with Crippen molar-refractivity contribution in [3.63, 3.8) is 0 Å². The number of esters is 1. The summed E-state index contributed by atoms with van der Waals surface area (Å²) in [4.78, 5) is 43.1. The molecule has 7 rings (SSSR count). The van der Waals surface area contributed by atoms with Crippen LogP contribution in [0.2, 0.25) is 0 Å². The smallest absolute Gasteiger partial charge is 0.366 e. The number of carbonyl (C=O) groups is 1. The van der Waals surface area contributed by atoms with Crippen LogP contribution in [-0.4, -0.2) is 54.8 Å². The summed E-state index contributed by atoms with van der Waals surface area (Å²) in [6, 6.07) is 10.8. The van der Waals surface area contributed by atoms with E-state index in [1.807, 2.05) is 38.1 Å². The molecule has 1 saturated carbocycles. The van der Waals surface area contributed by atoms with Gasteiger partial charge in [0.15, 0.2) is 17.2 Å². The molecule has 1 fully saturated rings. The Hall–Kier alpha value is -5.53. The molecule has 4 aromatic heterocycles. The van der Waals surface area contributed by atoms with Gasteiger partial charge in [-0.15, -0.1) is 5.10 Å². The lowest BCUT2D eigenvalue weighted by Gasteiger charge is -2.22. The van der Waals surface area contributed by atoms with E-state index in [1.165, 1.54) is 49.8 Å². The number of carbonyl (C=O) groups excluding carboxylic acids is 1. The second kappa shape index (κ2) is 11.4. The fraction of sp³-hybridized carbons (Fsp3) is 0.344. The molecule has 2 aromatic carbocycles. The van der Waals surface area contributed by atoms with E-state index in [-0.39, 0.29) is 40.1 Å². The SMILES string of the molecule is CC(C)c1cc(-c2n[nH]c(=O)n2-c2ccc3c(ccn3CC3CCCCC3)c2)c(OC(=O)c2ncn3c(=O)n(C)nnc23)cc1O. The van der Waals surface area contributed by atoms with Crippen LogP contribution in [0.4, 0.5) is 0 Å². The second-order valence-electron chi connectivity index (χ2n) is 12.1. The van der Waals surface area contributed by atoms with E-state index in [0.717, 1.165) is 32.9 Å². The highest BCUT2D eigenvalue weighted by molar-refractivity contribution is 5.96. The maximum Gasteiger partial charge on any atom is 0.366 e. The Balaban J connectivity index is 1.29. The minimum atomic E-state index is -0.937. The van der Waals surface area contributed by atoms with E-state index < -0.39 is 17.3 Å². The summed E-state index contributed by atoms with van der Waals surface area (Å²) in [6.07, 6.45) is 9.60. The first-order valence-electron chi connectivity index (χ1n) is 15.3. The number of hydrogen-bond donors (Lipinski definition) is 2. The molecule has 14 heteroatoms. The topological polar surface area (TPSA) is 167 Å². The van der Waals surface area contributed by atoms with Gasteiger partial charge in [0.05, 0.1) is 11.3 Å². The van der Waals surface area contributed by atoms with Crippen molar-refractivity contribution in [1.29, 1.82) is 0 Å². The minimum absolute atomic E-state index is 0.0650. The number of aromatic amines is 1. The van der Waals surface area contributed by atoms with Crippen molar-refractivity contribution in [2.75, 3.05) is 0 Å². The van der Waals surface area contributed by atoms with Crippen LogP contribution < -0.4 is 16.1 Å². The highest BCUT2D eigenvalue weighted by Crippen LogP contribution is 2.39. The summed E-state index contributed by atoms with van der Waals surface area (Å²) in [7, 11) is 1.42. The van der Waals surface area contributed by atoms with Crippen molar-refractivity contribution in [2.24, 2.45) is 13.0 Å². The lowest BCUT2D eigenvalue weighted by Crippen LogP contribution is -2.27. The molecule has 4 heterocycles. The van der Waals surface area contributed by atoms with Gasteiger partial charge in [0.2, 0.25) is 0 Å². The predicted molar refractivity (Wildman–Crippen MR) is 168 cm³/mol. The summed E-state index contributed by atoms with van der Waals surface area (Å²) < 4.78 is 11.5. The Labute approximate surface area is 261 Å². The second-order valence-corrected chi connectivity index (χ2v) is 12.1. The number of rotatable bonds is 7. The molecule has 0 unspecified atom stereocenters. The maximum absolute atomic E-state index is 13.4. The molecule has 6 aromatic rings. The molecule has 0 saturated heterocycles. The number of ether oxygens (including phenoxy) is 1. The van der Waals surface area contributed by atoms with Crippen LogP contribution in [0, 0.1) is 5.92 Å². The fourth-order valence-electron chi connectivity index (χ4n) is 6.33. The first-order chi connectivity index (χ1) is 22.2. The van der Waals surface area contributed by atoms with Gasteiger partial charge in [0.25, 0.3) is 0 Å². The molecule has 0 bridgehead atoms. The Morgan fingerprint density at radius 3 is 2.70 bits per heavy atom. The van der Waals surface area contributed by atoms with Crippen molar-refractivity contribution in [2.45, 2.75) is 58.4 Å². The fourth-order valence-corrected chi connectivity index (χ4v) is 6.33. The first kappa shape index (κ1) is 29.2. The number of benzene rings is 2. The predicted octanol–water partition coefficient (Wildman–Crippen LogP) is 3.95. The van der Waals surface area contributed by atoms with Gasteiger partial charge in [-0.25, -0.2) is 33.4 Å². The third-order valence-corrected chi connectivity index (χ3v) is 8.75. The van der Waals surface area contributed by atoms with Gasteiger partial charge in [0, 0.05) is 36.8 Å². The minimum Gasteiger partial charge on any atom is -0.508 e. The Morgan fingerprint density at radius 1 is 1.11 bits per heavy atom. The summed E-state index contributed by atoms with van der Waals surface area (Å²) in [5.74, 6) is -0.367. The van der Waals surface area contributed by atoms with Gasteiger partial charge < -0.3 is 14.4 Å². The van der Waals surface area contributed by atoms with Crippen LogP contribution in [0.15, 0.2) is 58.5 Å². The number of aromatic hydroxyl groups is 1. The Morgan fingerprint density at radius 2 is 1.91 bits per heavy atom. The normalized spacial score (nSPS) is 14.1. The lowest BCUT2D eigenvalue weighted by molar-refractivity contribution is 0.0731. The quantitative estimate of drug-likeness (QED) is 0.198. The number of fused-ring (bicyclic) bond motifs is 2. The molecule has 236 valence electrons. The van der Waals surface area contributed by atoms with Gasteiger partial charge in [-0.05, 0) is 60.6 Å². The number of phenols is 1. The zero-order valence-corrected chi connectivity index (χ0v) is 25.7. The summed E-state index contributed by atoms with van der Waals surface area (Å²) in [5.41, 5.74) is 1.14. The van der Waals surface area contributed by atoms with Gasteiger partial charge in [0.1, 0.15) is 17.8 Å². The van der Waals surface area contributed by atoms with Crippen LogP contribution in [0.1, 0.15) is 67.9 Å². The number of hydrogen-bond acceptors (Lipinski definition) is 9. The highest BCUT2D eigenvalue weighted by Gasteiger charge is 2.26. The summed E-state index contributed by atoms with van der Waals surface area (Å²) in [5, 5.41) is 26.3. The number of H-pyrrole nitrogens is 1. The molecule has 0 aliphatic heterocycles. The van der Waals surface area contributed by atoms with Crippen molar-refractivity contribution < 1.29 is 14.6 Å². The van der Waals surface area contributed by atoms with Gasteiger partial charge in [-0.3, -0.25) is 0 Å². The number of imidazole rings is 1. The van der Waals surface area contributed by atoms with Crippen LogP contribution in [0.5, 0.6) is 11.5 Å². The third kappa shape index (κ3) is 5.04. The molecular weight excluding hydrogens is 590 g/mol. The molecule has 0 atom stereocenters. The van der Waals surface area contributed by atoms with Crippen molar-refractivity contribution in [3.05, 3.63) is 81.1 Å². The van der Waals surface area contributed by atoms with E-state index in [0.29, 0.717) is 17.2 Å². The zero-order valence-electron chi connectivity index (χ0n) is 25.7. The van der Waals surface area contributed by atoms with Gasteiger partial charge in [-0.2, -0.15) is 9.78 Å². The molecule has 1 aliphatic rings. The van der Waals surface area contributed by atoms with Crippen LogP contribution >= 0.6 is 0 Å². The number of phenolic OH excluding ortho intramolecular Hbond substituents is 1. The van der Waals surface area contributed by atoms with Gasteiger partial charge >= 0.3 is 17.3 Å². The van der Waals surface area contributed by atoms with Crippen molar-refractivity contribution in [3.8, 4) is 28.6 Å². The van der Waals surface area contributed by atoms with Crippen LogP contribution in [0.25, 0.3) is 33.6 Å². The number of nitrogens with one attached hydrogen (secondary N) is 1. The average molecular weight is 624 g/mol. The van der Waals surface area contributed by atoms with Crippen LogP contribution in [0.3, 0.4) is 0 Å². The molecule has 2 N–H and O–H groups in total. The lowest BCUT2D eigenvalue weighted by atomic mass is 9.89. The molecule has 0 radical (unpaired) electrons. The van der Waals surface area contributed by atoms with Crippen LogP contribution in [-0.2, 0) is 13.6 Å². The summed E-state index contributed by atoms with van der Waals surface area (Å²) >= 11 is 0. The number of aromatic nitrogens is 9. The van der Waals surface area contributed by atoms with Gasteiger partial charge in [-0.1, -0.05) is 38.3 Å². The summed E-state index contributed by atoms with van der Waals surface area (Å²) in [6.45, 7) is 4.78. The van der Waals surface area contributed by atoms with E-state index >= 15 is 0 Å². The third-order valence-electron chi connectivity index (χ3n) is 8.75. The molecule has 0 amide bonds. The van der Waals surface area contributed by atoms with E-state index in [4.69, 9.17) is 4.74 Å². The van der Waals surface area contributed by atoms with Crippen molar-refractivity contribution >= 4 is 22.5 Å². The molecular formula is C32H33N9O5. The monoisotopic (exact) mass is 623 g/mol. The molecule has 46 heavy (non-hydrogen) atoms. The standard InChI is InChI=1S/C32H33N9O5/c1-18(2)22-14-23(26(15-25(22)42)46-30(43)27-29-35-37-38(3)32(45)40(29)17-33-27)28-34-36-31(44)41(28)21-9-10-24-20(13-21)11-12-39(24)16-19-7-5-4-6-8-19/h9-15,17-19,42H,4-8,16H2,1-3H3,(H,36,44). The number of nitrogens with zero attached hydrogens (tertiary/aromatic N) is 8. The van der Waals surface area contributed by atoms with E-state index in [2.05, 4.69) is 36.3 Å². The number of aryl methyl sites for hydroxylation is 1. The maximum atomic E-state index is 13.4. The Bertz CT molecular complexity index is 2230. The first-order valence-corrected chi connectivity index (χ1v) is 15.3. The van der Waals surface area contributed by atoms with E-state index in [9.17, 15) is 19.5 Å². The molecule has 0 spiro atoms. The highest BCUT2D eigenvalue weighted by atomic mass is 16.5. The molecule has 1 aliphatic carbocycles. The average Bonchev–Trinajstić information content (AvgIpc) is 3.76. The van der Waals surface area contributed by atoms with E-state index in [1.54, 1.807) is 6.07 Å². The zero-order chi connectivity index (χ0) is 32.1.